The number of hydrogen-bond donors (Lipinski definition) is 1. The van der Waals surface area contributed by atoms with Gasteiger partial charge >= 0.3 is 0 Å². The number of carbonyl (C=O) groups is 1. The minimum Gasteiger partial charge on any atom is -0.353 e. The topological polar surface area (TPSA) is 29.1 Å². The second kappa shape index (κ2) is 3.69. The molecule has 2 fully saturated rings. The molecule has 0 aromatic heterocycles. The molecule has 2 heteroatoms. The first-order chi connectivity index (χ1) is 6.25. The molecule has 1 amide bonds. The predicted molar refractivity (Wildman–Crippen MR) is 52.3 cm³/mol. The SMILES string of the molecule is CC1CCC[C@H](C(=O)NC2CC2)C1. The third-order valence-electron chi connectivity index (χ3n) is 3.23. The lowest BCUT2D eigenvalue weighted by Gasteiger charge is -2.25. The van der Waals surface area contributed by atoms with Crippen molar-refractivity contribution in [2.75, 3.05) is 0 Å². The summed E-state index contributed by atoms with van der Waals surface area (Å²) in [6.07, 6.45) is 7.18. The second-order valence-electron chi connectivity index (χ2n) is 4.75. The van der Waals surface area contributed by atoms with Crippen LogP contribution in [-0.4, -0.2) is 11.9 Å². The van der Waals surface area contributed by atoms with E-state index < -0.39 is 0 Å². The Balaban J connectivity index is 1.80. The van der Waals surface area contributed by atoms with Crippen LogP contribution in [0.4, 0.5) is 0 Å². The molecule has 2 aliphatic carbocycles. The van der Waals surface area contributed by atoms with Crippen molar-refractivity contribution >= 4 is 5.91 Å². The van der Waals surface area contributed by atoms with Crippen LogP contribution < -0.4 is 5.32 Å². The lowest BCUT2D eigenvalue weighted by atomic mass is 9.82. The van der Waals surface area contributed by atoms with Gasteiger partial charge in [0.15, 0.2) is 0 Å². The molecule has 2 saturated carbocycles. The molecule has 13 heavy (non-hydrogen) atoms. The summed E-state index contributed by atoms with van der Waals surface area (Å²) < 4.78 is 0. The third-order valence-corrected chi connectivity index (χ3v) is 3.23. The van der Waals surface area contributed by atoms with Crippen molar-refractivity contribution in [2.45, 2.75) is 51.5 Å². The molecule has 1 unspecified atom stereocenters. The zero-order valence-corrected chi connectivity index (χ0v) is 8.38. The minimum atomic E-state index is 0.323. The number of amides is 1. The maximum absolute atomic E-state index is 11.7. The van der Waals surface area contributed by atoms with Crippen LogP contribution >= 0.6 is 0 Å². The number of nitrogens with one attached hydrogen (secondary N) is 1. The molecule has 0 saturated heterocycles. The first-order valence-electron chi connectivity index (χ1n) is 5.56. The van der Waals surface area contributed by atoms with Gasteiger partial charge in [0.2, 0.25) is 5.91 Å². The van der Waals surface area contributed by atoms with Crippen LogP contribution in [-0.2, 0) is 4.79 Å². The molecule has 0 aliphatic heterocycles. The summed E-state index contributed by atoms with van der Waals surface area (Å²) in [5.74, 6) is 1.40. The van der Waals surface area contributed by atoms with E-state index in [9.17, 15) is 4.79 Å². The summed E-state index contributed by atoms with van der Waals surface area (Å²) in [6, 6.07) is 0.532. The van der Waals surface area contributed by atoms with Gasteiger partial charge < -0.3 is 5.32 Å². The van der Waals surface area contributed by atoms with Gasteiger partial charge in [0.05, 0.1) is 0 Å². The van der Waals surface area contributed by atoms with E-state index in [1.54, 1.807) is 0 Å². The Labute approximate surface area is 80.1 Å². The molecule has 0 heterocycles. The van der Waals surface area contributed by atoms with Crippen LogP contribution in [0.2, 0.25) is 0 Å². The highest BCUT2D eigenvalue weighted by Crippen LogP contribution is 2.29. The lowest BCUT2D eigenvalue weighted by molar-refractivity contribution is -0.126. The third kappa shape index (κ3) is 2.45. The molecule has 0 spiro atoms. The van der Waals surface area contributed by atoms with Gasteiger partial charge in [-0.3, -0.25) is 4.79 Å². The Morgan fingerprint density at radius 2 is 2.00 bits per heavy atom. The van der Waals surface area contributed by atoms with Crippen molar-refractivity contribution in [1.29, 1.82) is 0 Å². The fourth-order valence-corrected chi connectivity index (χ4v) is 2.22. The normalized spacial score (nSPS) is 34.2. The summed E-state index contributed by atoms with van der Waals surface area (Å²) in [6.45, 7) is 2.26. The molecule has 0 aromatic carbocycles. The van der Waals surface area contributed by atoms with E-state index in [4.69, 9.17) is 0 Å². The number of carbonyl (C=O) groups excluding carboxylic acids is 1. The fraction of sp³-hybridized carbons (Fsp3) is 0.909. The van der Waals surface area contributed by atoms with Crippen molar-refractivity contribution in [1.82, 2.24) is 5.32 Å². The predicted octanol–water partition coefficient (Wildman–Crippen LogP) is 2.09. The van der Waals surface area contributed by atoms with E-state index in [2.05, 4.69) is 12.2 Å². The fourth-order valence-electron chi connectivity index (χ4n) is 2.22. The van der Waals surface area contributed by atoms with E-state index in [1.165, 1.54) is 25.7 Å². The van der Waals surface area contributed by atoms with Gasteiger partial charge in [-0.25, -0.2) is 0 Å². The highest BCUT2D eigenvalue weighted by molar-refractivity contribution is 5.79. The van der Waals surface area contributed by atoms with Gasteiger partial charge in [0, 0.05) is 12.0 Å². The van der Waals surface area contributed by atoms with Crippen molar-refractivity contribution in [3.8, 4) is 0 Å². The van der Waals surface area contributed by atoms with E-state index >= 15 is 0 Å². The van der Waals surface area contributed by atoms with Crippen molar-refractivity contribution in [2.24, 2.45) is 11.8 Å². The van der Waals surface area contributed by atoms with Gasteiger partial charge in [-0.1, -0.05) is 19.8 Å². The molecule has 74 valence electrons. The highest BCUT2D eigenvalue weighted by Gasteiger charge is 2.29. The molecular formula is C11H19NO. The summed E-state index contributed by atoms with van der Waals surface area (Å²) in [5, 5.41) is 3.11. The highest BCUT2D eigenvalue weighted by atomic mass is 16.2. The standard InChI is InChI=1S/C11H19NO/c1-8-3-2-4-9(7-8)11(13)12-10-5-6-10/h8-10H,2-7H2,1H3,(H,12,13)/t8?,9-/m0/s1. The second-order valence-corrected chi connectivity index (χ2v) is 4.75. The average molecular weight is 181 g/mol. The molecule has 2 atom stereocenters. The zero-order valence-electron chi connectivity index (χ0n) is 8.38. The molecule has 2 rings (SSSR count). The van der Waals surface area contributed by atoms with E-state index in [1.807, 2.05) is 0 Å². The van der Waals surface area contributed by atoms with Crippen LogP contribution in [0.3, 0.4) is 0 Å². The largest absolute Gasteiger partial charge is 0.353 e. The average Bonchev–Trinajstić information content (AvgIpc) is 2.88. The quantitative estimate of drug-likeness (QED) is 0.694. The van der Waals surface area contributed by atoms with Crippen LogP contribution in [0.25, 0.3) is 0 Å². The smallest absolute Gasteiger partial charge is 0.223 e. The monoisotopic (exact) mass is 181 g/mol. The Kier molecular flexibility index (Phi) is 2.56. The Morgan fingerprint density at radius 1 is 1.23 bits per heavy atom. The maximum Gasteiger partial charge on any atom is 0.223 e. The van der Waals surface area contributed by atoms with E-state index in [-0.39, 0.29) is 0 Å². The van der Waals surface area contributed by atoms with Crippen LogP contribution in [0, 0.1) is 11.8 Å². The molecule has 1 N–H and O–H groups in total. The Morgan fingerprint density at radius 3 is 2.62 bits per heavy atom. The van der Waals surface area contributed by atoms with Gasteiger partial charge in [-0.15, -0.1) is 0 Å². The molecule has 2 nitrogen and oxygen atoms in total. The van der Waals surface area contributed by atoms with Crippen LogP contribution in [0.15, 0.2) is 0 Å². The van der Waals surface area contributed by atoms with Crippen LogP contribution in [0.1, 0.15) is 45.4 Å². The molecule has 0 bridgehead atoms. The zero-order chi connectivity index (χ0) is 9.26. The summed E-state index contributed by atoms with van der Waals surface area (Å²) >= 11 is 0. The number of hydrogen-bond acceptors (Lipinski definition) is 1. The summed E-state index contributed by atoms with van der Waals surface area (Å²) in [7, 11) is 0. The van der Waals surface area contributed by atoms with Gasteiger partial charge in [-0.05, 0) is 31.6 Å². The van der Waals surface area contributed by atoms with Crippen molar-refractivity contribution in [3.05, 3.63) is 0 Å². The number of rotatable bonds is 2. The first-order valence-corrected chi connectivity index (χ1v) is 5.56. The van der Waals surface area contributed by atoms with E-state index in [0.29, 0.717) is 17.9 Å². The van der Waals surface area contributed by atoms with Crippen LogP contribution in [0.5, 0.6) is 0 Å². The van der Waals surface area contributed by atoms with Gasteiger partial charge in [-0.2, -0.15) is 0 Å². The molecule has 2 aliphatic rings. The lowest BCUT2D eigenvalue weighted by Crippen LogP contribution is -2.34. The summed E-state index contributed by atoms with van der Waals surface area (Å²) in [5.41, 5.74) is 0. The Hall–Kier alpha value is -0.530. The van der Waals surface area contributed by atoms with Gasteiger partial charge in [0.25, 0.3) is 0 Å². The molecular weight excluding hydrogens is 162 g/mol. The maximum atomic E-state index is 11.7. The molecule has 0 radical (unpaired) electrons. The molecule has 0 aromatic rings. The van der Waals surface area contributed by atoms with Gasteiger partial charge in [0.1, 0.15) is 0 Å². The first kappa shape index (κ1) is 9.04. The summed E-state index contributed by atoms with van der Waals surface area (Å²) in [4.78, 5) is 11.7. The minimum absolute atomic E-state index is 0.323. The Bertz CT molecular complexity index is 198. The van der Waals surface area contributed by atoms with Crippen molar-refractivity contribution in [3.63, 3.8) is 0 Å². The van der Waals surface area contributed by atoms with Crippen molar-refractivity contribution < 1.29 is 4.79 Å². The van der Waals surface area contributed by atoms with E-state index in [0.717, 1.165) is 18.8 Å².